The van der Waals surface area contributed by atoms with E-state index < -0.39 is 0 Å². The second kappa shape index (κ2) is 6.90. The SMILES string of the molecule is COc1cc(-n2c(CC3CCN(C(=O)C4CC4)C3)n[nH]c2=O)ccc1Br. The van der Waals surface area contributed by atoms with Crippen LogP contribution in [0, 0.1) is 11.8 Å². The van der Waals surface area contributed by atoms with Crippen molar-refractivity contribution in [3.8, 4) is 11.4 Å². The molecule has 1 aromatic heterocycles. The first kappa shape index (κ1) is 17.3. The molecule has 1 aliphatic heterocycles. The van der Waals surface area contributed by atoms with Gasteiger partial charge in [-0.2, -0.15) is 5.10 Å². The Morgan fingerprint density at radius 3 is 2.92 bits per heavy atom. The number of halogens is 1. The number of hydrogen-bond acceptors (Lipinski definition) is 4. The first-order valence-corrected chi connectivity index (χ1v) is 9.65. The number of benzene rings is 1. The number of likely N-dealkylation sites (tertiary alicyclic amines) is 1. The second-order valence-electron chi connectivity index (χ2n) is 7.02. The van der Waals surface area contributed by atoms with Crippen LogP contribution in [-0.4, -0.2) is 45.8 Å². The molecule has 0 radical (unpaired) electrons. The minimum absolute atomic E-state index is 0.257. The van der Waals surface area contributed by atoms with Crippen LogP contribution in [0.4, 0.5) is 0 Å². The maximum atomic E-state index is 12.3. The summed E-state index contributed by atoms with van der Waals surface area (Å²) in [4.78, 5) is 26.5. The number of H-pyrrole nitrogens is 1. The average molecular weight is 421 g/mol. The molecule has 2 heterocycles. The van der Waals surface area contributed by atoms with E-state index in [-0.39, 0.29) is 11.6 Å². The van der Waals surface area contributed by atoms with Gasteiger partial charge in [-0.15, -0.1) is 0 Å². The van der Waals surface area contributed by atoms with Crippen LogP contribution in [0.25, 0.3) is 5.69 Å². The lowest BCUT2D eigenvalue weighted by molar-refractivity contribution is -0.131. The summed E-state index contributed by atoms with van der Waals surface area (Å²) in [5.41, 5.74) is 0.441. The summed E-state index contributed by atoms with van der Waals surface area (Å²) in [5.74, 6) is 2.22. The number of aromatic nitrogens is 3. The number of amides is 1. The van der Waals surface area contributed by atoms with E-state index in [9.17, 15) is 9.59 Å². The molecule has 2 aliphatic rings. The summed E-state index contributed by atoms with van der Waals surface area (Å²) < 4.78 is 7.74. The number of aromatic amines is 1. The Morgan fingerprint density at radius 1 is 1.38 bits per heavy atom. The van der Waals surface area contributed by atoms with Crippen molar-refractivity contribution in [2.75, 3.05) is 20.2 Å². The van der Waals surface area contributed by atoms with Crippen LogP contribution in [0.1, 0.15) is 25.1 Å². The molecule has 1 saturated heterocycles. The number of carbonyl (C=O) groups excluding carboxylic acids is 1. The van der Waals surface area contributed by atoms with E-state index in [2.05, 4.69) is 26.1 Å². The fourth-order valence-electron chi connectivity index (χ4n) is 3.57. The maximum absolute atomic E-state index is 12.3. The van der Waals surface area contributed by atoms with Crippen LogP contribution < -0.4 is 10.4 Å². The molecule has 1 saturated carbocycles. The van der Waals surface area contributed by atoms with Gasteiger partial charge in [0, 0.05) is 31.5 Å². The average Bonchev–Trinajstić information content (AvgIpc) is 3.29. The van der Waals surface area contributed by atoms with E-state index in [1.807, 2.05) is 23.1 Å². The minimum Gasteiger partial charge on any atom is -0.495 e. The third-order valence-electron chi connectivity index (χ3n) is 5.13. The van der Waals surface area contributed by atoms with E-state index in [4.69, 9.17) is 4.74 Å². The summed E-state index contributed by atoms with van der Waals surface area (Å²) in [5, 5.41) is 6.77. The van der Waals surface area contributed by atoms with Crippen molar-refractivity contribution in [1.29, 1.82) is 0 Å². The van der Waals surface area contributed by atoms with E-state index in [1.54, 1.807) is 11.7 Å². The first-order chi connectivity index (χ1) is 12.6. The summed E-state index contributed by atoms with van der Waals surface area (Å²) in [7, 11) is 1.59. The maximum Gasteiger partial charge on any atom is 0.347 e. The second-order valence-corrected chi connectivity index (χ2v) is 7.87. The van der Waals surface area contributed by atoms with E-state index in [0.717, 1.165) is 36.8 Å². The Hall–Kier alpha value is -2.09. The third kappa shape index (κ3) is 3.30. The predicted octanol–water partition coefficient (Wildman–Crippen LogP) is 2.13. The topological polar surface area (TPSA) is 80.2 Å². The molecular formula is C18H21BrN4O3. The van der Waals surface area contributed by atoms with Crippen LogP contribution in [0.5, 0.6) is 5.75 Å². The van der Waals surface area contributed by atoms with Crippen molar-refractivity contribution in [1.82, 2.24) is 19.7 Å². The molecule has 1 unspecified atom stereocenters. The Labute approximate surface area is 159 Å². The summed E-state index contributed by atoms with van der Waals surface area (Å²) >= 11 is 3.43. The number of carbonyl (C=O) groups is 1. The predicted molar refractivity (Wildman–Crippen MR) is 99.6 cm³/mol. The highest BCUT2D eigenvalue weighted by Gasteiger charge is 2.36. The Kier molecular flexibility index (Phi) is 4.60. The molecular weight excluding hydrogens is 400 g/mol. The highest BCUT2D eigenvalue weighted by molar-refractivity contribution is 9.10. The largest absolute Gasteiger partial charge is 0.495 e. The van der Waals surface area contributed by atoms with Gasteiger partial charge in [0.25, 0.3) is 0 Å². The Balaban J connectivity index is 1.54. The standard InChI is InChI=1S/C18H21BrN4O3/c1-26-15-9-13(4-5-14(15)19)23-16(20-21-18(23)25)8-11-6-7-22(10-11)17(24)12-2-3-12/h4-5,9,11-12H,2-3,6-8,10H2,1H3,(H,21,25). The van der Waals surface area contributed by atoms with Crippen LogP contribution in [0.3, 0.4) is 0 Å². The molecule has 26 heavy (non-hydrogen) atoms. The highest BCUT2D eigenvalue weighted by Crippen LogP contribution is 2.33. The third-order valence-corrected chi connectivity index (χ3v) is 5.79. The van der Waals surface area contributed by atoms with Crippen molar-refractivity contribution in [2.45, 2.75) is 25.7 Å². The van der Waals surface area contributed by atoms with Gasteiger partial charge >= 0.3 is 5.69 Å². The zero-order chi connectivity index (χ0) is 18.3. The quantitative estimate of drug-likeness (QED) is 0.803. The van der Waals surface area contributed by atoms with Crippen molar-refractivity contribution in [2.24, 2.45) is 11.8 Å². The van der Waals surface area contributed by atoms with Gasteiger partial charge in [-0.05, 0) is 53.2 Å². The minimum atomic E-state index is -0.270. The number of rotatable bonds is 5. The lowest BCUT2D eigenvalue weighted by Gasteiger charge is -2.16. The molecule has 1 aliphatic carbocycles. The molecule has 0 bridgehead atoms. The van der Waals surface area contributed by atoms with Crippen molar-refractivity contribution < 1.29 is 9.53 Å². The number of ether oxygens (including phenoxy) is 1. The molecule has 1 amide bonds. The summed E-state index contributed by atoms with van der Waals surface area (Å²) in [6.45, 7) is 1.56. The van der Waals surface area contributed by atoms with Gasteiger partial charge < -0.3 is 9.64 Å². The monoisotopic (exact) mass is 420 g/mol. The molecule has 2 fully saturated rings. The number of methoxy groups -OCH3 is 1. The fourth-order valence-corrected chi connectivity index (χ4v) is 3.97. The number of nitrogens with zero attached hydrogens (tertiary/aromatic N) is 3. The molecule has 1 atom stereocenters. The van der Waals surface area contributed by atoms with Crippen LogP contribution in [0.2, 0.25) is 0 Å². The van der Waals surface area contributed by atoms with Crippen LogP contribution in [0.15, 0.2) is 27.5 Å². The summed E-state index contributed by atoms with van der Waals surface area (Å²) in [6.07, 6.45) is 3.67. The first-order valence-electron chi connectivity index (χ1n) is 8.86. The Morgan fingerprint density at radius 2 is 2.19 bits per heavy atom. The number of hydrogen-bond donors (Lipinski definition) is 1. The van der Waals surface area contributed by atoms with E-state index in [0.29, 0.717) is 35.5 Å². The molecule has 4 rings (SSSR count). The number of nitrogens with one attached hydrogen (secondary N) is 1. The van der Waals surface area contributed by atoms with Crippen molar-refractivity contribution in [3.05, 3.63) is 39.0 Å². The normalized spacial score (nSPS) is 19.8. The lowest BCUT2D eigenvalue weighted by atomic mass is 10.0. The molecule has 1 N–H and O–H groups in total. The van der Waals surface area contributed by atoms with E-state index in [1.165, 1.54) is 0 Å². The smallest absolute Gasteiger partial charge is 0.347 e. The van der Waals surface area contributed by atoms with Crippen LogP contribution >= 0.6 is 15.9 Å². The van der Waals surface area contributed by atoms with E-state index >= 15 is 0 Å². The molecule has 8 heteroatoms. The van der Waals surface area contributed by atoms with Crippen LogP contribution in [-0.2, 0) is 11.2 Å². The zero-order valence-electron chi connectivity index (χ0n) is 14.6. The molecule has 0 spiro atoms. The molecule has 138 valence electrons. The Bertz CT molecular complexity index is 887. The van der Waals surface area contributed by atoms with Gasteiger partial charge in [-0.1, -0.05) is 0 Å². The molecule has 2 aromatic rings. The van der Waals surface area contributed by atoms with Gasteiger partial charge in [0.2, 0.25) is 5.91 Å². The molecule has 1 aromatic carbocycles. The van der Waals surface area contributed by atoms with Gasteiger partial charge in [0.15, 0.2) is 0 Å². The lowest BCUT2D eigenvalue weighted by Crippen LogP contribution is -2.30. The highest BCUT2D eigenvalue weighted by atomic mass is 79.9. The van der Waals surface area contributed by atoms with Gasteiger partial charge in [-0.25, -0.2) is 14.5 Å². The van der Waals surface area contributed by atoms with Crippen molar-refractivity contribution in [3.63, 3.8) is 0 Å². The fraction of sp³-hybridized carbons (Fsp3) is 0.500. The summed E-state index contributed by atoms with van der Waals surface area (Å²) in [6, 6.07) is 5.51. The zero-order valence-corrected chi connectivity index (χ0v) is 16.2. The van der Waals surface area contributed by atoms with Gasteiger partial charge in [0.05, 0.1) is 17.3 Å². The van der Waals surface area contributed by atoms with Gasteiger partial charge in [0.1, 0.15) is 11.6 Å². The molecule has 7 nitrogen and oxygen atoms in total. The van der Waals surface area contributed by atoms with Crippen molar-refractivity contribution >= 4 is 21.8 Å². The van der Waals surface area contributed by atoms with Gasteiger partial charge in [-0.3, -0.25) is 4.79 Å².